The second kappa shape index (κ2) is 9.28. The van der Waals surface area contributed by atoms with Gasteiger partial charge in [-0.25, -0.2) is 0 Å². The molecule has 0 aliphatic heterocycles. The van der Waals surface area contributed by atoms with Crippen LogP contribution in [-0.2, 0) is 4.79 Å². The Bertz CT molecular complexity index is 432. The maximum Gasteiger partial charge on any atom is 0.261 e. The van der Waals surface area contributed by atoms with Crippen LogP contribution < -0.4 is 5.32 Å². The van der Waals surface area contributed by atoms with E-state index in [-0.39, 0.29) is 18.4 Å². The van der Waals surface area contributed by atoms with Crippen molar-refractivity contribution in [3.05, 3.63) is 35.0 Å². The molecule has 0 aliphatic carbocycles. The number of carbonyl (C=O) groups is 2. The molecule has 0 spiro atoms. The van der Waals surface area contributed by atoms with Crippen LogP contribution in [0.1, 0.15) is 22.5 Å². The topological polar surface area (TPSA) is 69.6 Å². The van der Waals surface area contributed by atoms with Crippen molar-refractivity contribution in [2.75, 3.05) is 26.2 Å². The highest BCUT2D eigenvalue weighted by Gasteiger charge is 2.11. The molecule has 0 saturated heterocycles. The van der Waals surface area contributed by atoms with Crippen molar-refractivity contribution in [1.29, 1.82) is 0 Å². The Morgan fingerprint density at radius 3 is 2.90 bits per heavy atom. The van der Waals surface area contributed by atoms with Crippen molar-refractivity contribution in [3.63, 3.8) is 0 Å². The third-order valence-electron chi connectivity index (χ3n) is 2.67. The molecule has 6 heteroatoms. The van der Waals surface area contributed by atoms with E-state index in [1.807, 2.05) is 11.4 Å². The summed E-state index contributed by atoms with van der Waals surface area (Å²) in [4.78, 5) is 25.7. The minimum atomic E-state index is -0.106. The molecule has 1 rings (SSSR count). The fourth-order valence-electron chi connectivity index (χ4n) is 1.69. The van der Waals surface area contributed by atoms with Crippen LogP contribution in [0.2, 0.25) is 0 Å². The summed E-state index contributed by atoms with van der Waals surface area (Å²) in [6, 6.07) is 3.59. The van der Waals surface area contributed by atoms with Gasteiger partial charge in [0.25, 0.3) is 5.91 Å². The summed E-state index contributed by atoms with van der Waals surface area (Å²) in [5, 5.41) is 13.5. The lowest BCUT2D eigenvalue weighted by Crippen LogP contribution is -2.34. The van der Waals surface area contributed by atoms with Gasteiger partial charge in [0.1, 0.15) is 0 Å². The van der Waals surface area contributed by atoms with Crippen LogP contribution in [0.25, 0.3) is 0 Å². The molecular weight excluding hydrogens is 276 g/mol. The van der Waals surface area contributed by atoms with Crippen molar-refractivity contribution in [3.8, 4) is 0 Å². The number of carbonyl (C=O) groups excluding carboxylic acids is 2. The van der Waals surface area contributed by atoms with Crippen molar-refractivity contribution >= 4 is 23.2 Å². The van der Waals surface area contributed by atoms with Gasteiger partial charge in [0.05, 0.1) is 11.5 Å². The number of hydrogen-bond donors (Lipinski definition) is 2. The van der Waals surface area contributed by atoms with E-state index >= 15 is 0 Å². The standard InChI is InChI=1S/C14H20N2O3S/c1-2-8-16(9-10-17)13(18)6-3-7-15-14(19)12-5-4-11-20-12/h2,4-5,11,17H,1,3,6-10H2,(H,15,19). The molecule has 1 aromatic heterocycles. The lowest BCUT2D eigenvalue weighted by atomic mass is 10.2. The first-order valence-electron chi connectivity index (χ1n) is 6.50. The Kier molecular flexibility index (Phi) is 7.60. The first-order chi connectivity index (χ1) is 9.69. The van der Waals surface area contributed by atoms with Gasteiger partial charge in [-0.3, -0.25) is 9.59 Å². The van der Waals surface area contributed by atoms with Gasteiger partial charge in [-0.15, -0.1) is 17.9 Å². The average Bonchev–Trinajstić information content (AvgIpc) is 2.97. The summed E-state index contributed by atoms with van der Waals surface area (Å²) in [6.07, 6.45) is 2.56. The highest BCUT2D eigenvalue weighted by molar-refractivity contribution is 7.12. The molecule has 5 nitrogen and oxygen atoms in total. The predicted molar refractivity (Wildman–Crippen MR) is 79.7 cm³/mol. The van der Waals surface area contributed by atoms with E-state index in [2.05, 4.69) is 11.9 Å². The second-order valence-electron chi connectivity index (χ2n) is 4.19. The summed E-state index contributed by atoms with van der Waals surface area (Å²) in [7, 11) is 0. The number of aliphatic hydroxyl groups excluding tert-OH is 1. The van der Waals surface area contributed by atoms with Crippen molar-refractivity contribution < 1.29 is 14.7 Å². The maximum absolute atomic E-state index is 11.9. The normalized spacial score (nSPS) is 10.1. The van der Waals surface area contributed by atoms with Crippen LogP contribution in [0.3, 0.4) is 0 Å². The van der Waals surface area contributed by atoms with Crippen LogP contribution in [0.4, 0.5) is 0 Å². The first kappa shape index (κ1) is 16.4. The molecule has 20 heavy (non-hydrogen) atoms. The predicted octanol–water partition coefficient (Wildman–Crippen LogP) is 1.26. The van der Waals surface area contributed by atoms with Crippen molar-refractivity contribution in [2.45, 2.75) is 12.8 Å². The molecule has 0 fully saturated rings. The van der Waals surface area contributed by atoms with Crippen LogP contribution in [0.15, 0.2) is 30.2 Å². The van der Waals surface area contributed by atoms with Crippen LogP contribution in [-0.4, -0.2) is 48.1 Å². The third-order valence-corrected chi connectivity index (χ3v) is 3.54. The highest BCUT2D eigenvalue weighted by atomic mass is 32.1. The number of rotatable bonds is 9. The second-order valence-corrected chi connectivity index (χ2v) is 5.14. The quantitative estimate of drug-likeness (QED) is 0.532. The Hall–Kier alpha value is -1.66. The van der Waals surface area contributed by atoms with Gasteiger partial charge in [0.2, 0.25) is 5.91 Å². The molecule has 0 unspecified atom stereocenters. The van der Waals surface area contributed by atoms with E-state index < -0.39 is 0 Å². The van der Waals surface area contributed by atoms with E-state index in [0.717, 1.165) is 0 Å². The smallest absolute Gasteiger partial charge is 0.261 e. The zero-order valence-corrected chi connectivity index (χ0v) is 12.2. The lowest BCUT2D eigenvalue weighted by Gasteiger charge is -2.19. The van der Waals surface area contributed by atoms with Gasteiger partial charge in [0, 0.05) is 26.1 Å². The summed E-state index contributed by atoms with van der Waals surface area (Å²) in [5.74, 6) is -0.143. The van der Waals surface area contributed by atoms with Gasteiger partial charge in [-0.1, -0.05) is 12.1 Å². The van der Waals surface area contributed by atoms with E-state index in [9.17, 15) is 9.59 Å². The molecule has 0 atom stereocenters. The number of thiophene rings is 1. The monoisotopic (exact) mass is 296 g/mol. The third kappa shape index (κ3) is 5.54. The first-order valence-corrected chi connectivity index (χ1v) is 7.38. The lowest BCUT2D eigenvalue weighted by molar-refractivity contribution is -0.131. The number of nitrogens with one attached hydrogen (secondary N) is 1. The van der Waals surface area contributed by atoms with Crippen LogP contribution >= 0.6 is 11.3 Å². The zero-order chi connectivity index (χ0) is 14.8. The Morgan fingerprint density at radius 2 is 2.30 bits per heavy atom. The fraction of sp³-hybridized carbons (Fsp3) is 0.429. The molecule has 2 N–H and O–H groups in total. The fourth-order valence-corrected chi connectivity index (χ4v) is 2.33. The van der Waals surface area contributed by atoms with Gasteiger partial charge in [0.15, 0.2) is 0 Å². The molecule has 0 radical (unpaired) electrons. The molecule has 0 bridgehead atoms. The number of amides is 2. The summed E-state index contributed by atoms with van der Waals surface area (Å²) < 4.78 is 0. The molecule has 110 valence electrons. The molecule has 1 heterocycles. The molecule has 0 saturated carbocycles. The van der Waals surface area contributed by atoms with E-state index in [1.54, 1.807) is 17.0 Å². The number of aliphatic hydroxyl groups is 1. The molecular formula is C14H20N2O3S. The molecule has 2 amide bonds. The maximum atomic E-state index is 11.9. The van der Waals surface area contributed by atoms with E-state index in [0.29, 0.717) is 37.4 Å². The Morgan fingerprint density at radius 1 is 1.50 bits per heavy atom. The minimum Gasteiger partial charge on any atom is -0.395 e. The number of hydrogen-bond acceptors (Lipinski definition) is 4. The van der Waals surface area contributed by atoms with Gasteiger partial charge in [-0.2, -0.15) is 0 Å². The van der Waals surface area contributed by atoms with E-state index in [4.69, 9.17) is 5.11 Å². The Balaban J connectivity index is 2.24. The molecule has 0 aromatic carbocycles. The van der Waals surface area contributed by atoms with Crippen LogP contribution in [0, 0.1) is 0 Å². The van der Waals surface area contributed by atoms with Crippen molar-refractivity contribution in [1.82, 2.24) is 10.2 Å². The van der Waals surface area contributed by atoms with Crippen LogP contribution in [0.5, 0.6) is 0 Å². The average molecular weight is 296 g/mol. The zero-order valence-electron chi connectivity index (χ0n) is 11.4. The summed E-state index contributed by atoms with van der Waals surface area (Å²) in [6.45, 7) is 4.73. The molecule has 0 aliphatic rings. The summed E-state index contributed by atoms with van der Waals surface area (Å²) in [5.41, 5.74) is 0. The van der Waals surface area contributed by atoms with Gasteiger partial charge in [-0.05, 0) is 17.9 Å². The van der Waals surface area contributed by atoms with E-state index in [1.165, 1.54) is 11.3 Å². The Labute approximate surface area is 122 Å². The minimum absolute atomic E-state index is 0.0377. The van der Waals surface area contributed by atoms with Crippen molar-refractivity contribution in [2.24, 2.45) is 0 Å². The van der Waals surface area contributed by atoms with Gasteiger partial charge >= 0.3 is 0 Å². The largest absolute Gasteiger partial charge is 0.395 e. The SMILES string of the molecule is C=CCN(CCO)C(=O)CCCNC(=O)c1cccs1. The molecule has 1 aromatic rings. The summed E-state index contributed by atoms with van der Waals surface area (Å²) >= 11 is 1.39. The highest BCUT2D eigenvalue weighted by Crippen LogP contribution is 2.07. The number of nitrogens with zero attached hydrogens (tertiary/aromatic N) is 1. The van der Waals surface area contributed by atoms with Gasteiger partial charge < -0.3 is 15.3 Å².